The van der Waals surface area contributed by atoms with Gasteiger partial charge in [0, 0.05) is 0 Å². The van der Waals surface area contributed by atoms with E-state index in [4.69, 9.17) is 0 Å². The minimum absolute atomic E-state index is 0.231. The summed E-state index contributed by atoms with van der Waals surface area (Å²) in [7, 11) is 0. The van der Waals surface area contributed by atoms with Gasteiger partial charge in [0.15, 0.2) is 0 Å². The molecule has 2 heteroatoms. The molecule has 0 aliphatic heterocycles. The highest BCUT2D eigenvalue weighted by atomic mass is 16.4. The molecule has 0 heterocycles. The number of hydrogen-bond donors (Lipinski definition) is 0. The standard InChI is InChI=1S/C16H31O2/c1-3-4-12-15(2)13-10-8-6-5-7-9-11-14-16(17)18/h15H,3-14H2,1-2H3. The van der Waals surface area contributed by atoms with Crippen LogP contribution >= 0.6 is 0 Å². The average molecular weight is 255 g/mol. The smallest absolute Gasteiger partial charge is 0.247 e. The molecule has 0 aliphatic carbocycles. The Balaban J connectivity index is 3.09. The van der Waals surface area contributed by atoms with Crippen molar-refractivity contribution in [2.24, 2.45) is 5.92 Å². The number of carbonyl (C=O) groups is 1. The van der Waals surface area contributed by atoms with Crippen LogP contribution in [0.1, 0.15) is 90.9 Å². The molecule has 0 saturated heterocycles. The van der Waals surface area contributed by atoms with Crippen molar-refractivity contribution in [3.05, 3.63) is 0 Å². The van der Waals surface area contributed by atoms with Crippen LogP contribution in [0.2, 0.25) is 0 Å². The van der Waals surface area contributed by atoms with Crippen LogP contribution in [0, 0.1) is 5.92 Å². The summed E-state index contributed by atoms with van der Waals surface area (Å²) in [6.45, 7) is 4.63. The van der Waals surface area contributed by atoms with E-state index in [1.165, 1.54) is 57.8 Å². The predicted octanol–water partition coefficient (Wildman–Crippen LogP) is 5.28. The second kappa shape index (κ2) is 12.9. The van der Waals surface area contributed by atoms with Crippen molar-refractivity contribution >= 4 is 5.97 Å². The molecule has 0 amide bonds. The fourth-order valence-corrected chi connectivity index (χ4v) is 2.34. The first-order valence-corrected chi connectivity index (χ1v) is 7.86. The van der Waals surface area contributed by atoms with Crippen LogP contribution in [0.3, 0.4) is 0 Å². The van der Waals surface area contributed by atoms with Gasteiger partial charge in [-0.3, -0.25) is 0 Å². The van der Waals surface area contributed by atoms with Crippen molar-refractivity contribution in [2.45, 2.75) is 90.9 Å². The molecule has 0 aromatic carbocycles. The topological polar surface area (TPSA) is 37.0 Å². The van der Waals surface area contributed by atoms with E-state index in [2.05, 4.69) is 13.8 Å². The van der Waals surface area contributed by atoms with Crippen LogP contribution in [0.4, 0.5) is 0 Å². The fraction of sp³-hybridized carbons (Fsp3) is 0.938. The van der Waals surface area contributed by atoms with Crippen LogP contribution in [0.15, 0.2) is 0 Å². The van der Waals surface area contributed by atoms with Crippen LogP contribution in [0.25, 0.3) is 0 Å². The minimum atomic E-state index is -0.906. The molecule has 0 saturated carbocycles. The first-order chi connectivity index (χ1) is 8.66. The third-order valence-corrected chi connectivity index (χ3v) is 3.63. The van der Waals surface area contributed by atoms with E-state index in [1.54, 1.807) is 0 Å². The summed E-state index contributed by atoms with van der Waals surface area (Å²) in [5, 5.41) is 10.2. The Morgan fingerprint density at radius 3 is 1.89 bits per heavy atom. The van der Waals surface area contributed by atoms with E-state index >= 15 is 0 Å². The van der Waals surface area contributed by atoms with Crippen LogP contribution in [-0.4, -0.2) is 5.97 Å². The predicted molar refractivity (Wildman–Crippen MR) is 75.9 cm³/mol. The molecule has 0 aromatic rings. The Labute approximate surface area is 113 Å². The van der Waals surface area contributed by atoms with Gasteiger partial charge in [0.1, 0.15) is 0 Å². The lowest BCUT2D eigenvalue weighted by Gasteiger charge is -2.09. The zero-order valence-electron chi connectivity index (χ0n) is 12.4. The number of unbranched alkanes of at least 4 members (excludes halogenated alkanes) is 7. The molecule has 0 bridgehead atoms. The molecule has 0 N–H and O–H groups in total. The van der Waals surface area contributed by atoms with Crippen molar-refractivity contribution in [3.8, 4) is 0 Å². The van der Waals surface area contributed by atoms with Crippen molar-refractivity contribution in [1.29, 1.82) is 0 Å². The lowest BCUT2D eigenvalue weighted by molar-refractivity contribution is -0.143. The van der Waals surface area contributed by atoms with Crippen molar-refractivity contribution in [1.82, 2.24) is 0 Å². The molecular weight excluding hydrogens is 224 g/mol. The van der Waals surface area contributed by atoms with E-state index in [0.29, 0.717) is 0 Å². The molecule has 1 atom stereocenters. The van der Waals surface area contributed by atoms with E-state index in [-0.39, 0.29) is 6.42 Å². The molecule has 0 spiro atoms. The van der Waals surface area contributed by atoms with Gasteiger partial charge in [-0.2, -0.15) is 0 Å². The SMILES string of the molecule is CCCCC(C)CCCCCCCCCC([O])=O. The van der Waals surface area contributed by atoms with Gasteiger partial charge in [0.2, 0.25) is 0 Å². The third kappa shape index (κ3) is 13.5. The molecule has 1 unspecified atom stereocenters. The summed E-state index contributed by atoms with van der Waals surface area (Å²) in [6, 6.07) is 0. The molecule has 0 fully saturated rings. The number of carbonyl (C=O) groups excluding carboxylic acids is 1. The van der Waals surface area contributed by atoms with Crippen molar-refractivity contribution in [2.75, 3.05) is 0 Å². The highest BCUT2D eigenvalue weighted by molar-refractivity contribution is 5.66. The average Bonchev–Trinajstić information content (AvgIpc) is 2.34. The van der Waals surface area contributed by atoms with Crippen molar-refractivity contribution in [3.63, 3.8) is 0 Å². The van der Waals surface area contributed by atoms with Gasteiger partial charge < -0.3 is 0 Å². The lowest BCUT2D eigenvalue weighted by Crippen LogP contribution is -1.94. The maximum atomic E-state index is 10.2. The van der Waals surface area contributed by atoms with E-state index in [9.17, 15) is 9.90 Å². The highest BCUT2D eigenvalue weighted by Crippen LogP contribution is 2.17. The fourth-order valence-electron chi connectivity index (χ4n) is 2.34. The first-order valence-electron chi connectivity index (χ1n) is 7.86. The van der Waals surface area contributed by atoms with Gasteiger partial charge in [-0.05, 0) is 12.3 Å². The molecule has 0 rings (SSSR count). The van der Waals surface area contributed by atoms with E-state index in [1.807, 2.05) is 0 Å². The number of hydrogen-bond acceptors (Lipinski definition) is 1. The Bertz CT molecular complexity index is 190. The van der Waals surface area contributed by atoms with E-state index < -0.39 is 5.97 Å². The second-order valence-corrected chi connectivity index (χ2v) is 5.63. The minimum Gasteiger partial charge on any atom is -0.247 e. The lowest BCUT2D eigenvalue weighted by atomic mass is 9.97. The highest BCUT2D eigenvalue weighted by Gasteiger charge is 2.01. The summed E-state index contributed by atoms with van der Waals surface area (Å²) < 4.78 is 0. The van der Waals surface area contributed by atoms with Crippen LogP contribution in [0.5, 0.6) is 0 Å². The van der Waals surface area contributed by atoms with E-state index in [0.717, 1.165) is 18.8 Å². The summed E-state index contributed by atoms with van der Waals surface area (Å²) in [6.07, 6.45) is 14.0. The molecule has 1 radical (unpaired) electrons. The third-order valence-electron chi connectivity index (χ3n) is 3.63. The molecule has 18 heavy (non-hydrogen) atoms. The van der Waals surface area contributed by atoms with Crippen molar-refractivity contribution < 1.29 is 9.90 Å². The van der Waals surface area contributed by atoms with Crippen LogP contribution in [-0.2, 0) is 9.90 Å². The Morgan fingerprint density at radius 1 is 0.833 bits per heavy atom. The monoisotopic (exact) mass is 255 g/mol. The van der Waals surface area contributed by atoms with Gasteiger partial charge in [-0.25, -0.2) is 9.90 Å². The molecular formula is C16H31O2. The van der Waals surface area contributed by atoms with Gasteiger partial charge in [-0.1, -0.05) is 78.1 Å². The van der Waals surface area contributed by atoms with Crippen LogP contribution < -0.4 is 0 Å². The van der Waals surface area contributed by atoms with Gasteiger partial charge in [0.25, 0.3) is 0 Å². The maximum Gasteiger partial charge on any atom is 0.355 e. The van der Waals surface area contributed by atoms with Gasteiger partial charge in [-0.15, -0.1) is 0 Å². The maximum absolute atomic E-state index is 10.2. The van der Waals surface area contributed by atoms with Gasteiger partial charge >= 0.3 is 5.97 Å². The molecule has 2 nitrogen and oxygen atoms in total. The Kier molecular flexibility index (Phi) is 12.5. The molecule has 0 aromatic heterocycles. The quantitative estimate of drug-likeness (QED) is 0.412. The van der Waals surface area contributed by atoms with Gasteiger partial charge in [0.05, 0.1) is 6.42 Å². The summed E-state index contributed by atoms with van der Waals surface area (Å²) >= 11 is 0. The number of rotatable bonds is 13. The summed E-state index contributed by atoms with van der Waals surface area (Å²) in [5.41, 5.74) is 0. The normalized spacial score (nSPS) is 12.6. The molecule has 0 aliphatic rings. The zero-order chi connectivity index (χ0) is 13.6. The summed E-state index contributed by atoms with van der Waals surface area (Å²) in [5.74, 6) is -0.0101. The Hall–Kier alpha value is -0.530. The zero-order valence-corrected chi connectivity index (χ0v) is 12.4. The largest absolute Gasteiger partial charge is 0.355 e. The first kappa shape index (κ1) is 17.5. The Morgan fingerprint density at radius 2 is 1.33 bits per heavy atom. The second-order valence-electron chi connectivity index (χ2n) is 5.63. The molecule has 107 valence electrons. The summed E-state index contributed by atoms with van der Waals surface area (Å²) in [4.78, 5) is 10.2.